The summed E-state index contributed by atoms with van der Waals surface area (Å²) in [7, 11) is 1.56. The Morgan fingerprint density at radius 3 is 2.35 bits per heavy atom. The fourth-order valence-electron chi connectivity index (χ4n) is 2.50. The molecule has 3 aromatic rings. The lowest BCUT2D eigenvalue weighted by atomic mass is 10.1. The molecule has 0 fully saturated rings. The molecule has 0 unspecified atom stereocenters. The Morgan fingerprint density at radius 2 is 1.65 bits per heavy atom. The molecule has 0 saturated carbocycles. The number of carbonyl (C=O) groups is 1. The monoisotopic (exact) mass is 347 g/mol. The van der Waals surface area contributed by atoms with Crippen molar-refractivity contribution >= 4 is 11.6 Å². The minimum absolute atomic E-state index is 0.193. The largest absolute Gasteiger partial charge is 0.493 e. The predicted molar refractivity (Wildman–Crippen MR) is 103 cm³/mol. The molecule has 4 nitrogen and oxygen atoms in total. The Morgan fingerprint density at radius 1 is 0.923 bits per heavy atom. The van der Waals surface area contributed by atoms with Crippen LogP contribution in [0, 0.1) is 6.92 Å². The van der Waals surface area contributed by atoms with Gasteiger partial charge in [0.25, 0.3) is 5.91 Å². The minimum Gasteiger partial charge on any atom is -0.493 e. The van der Waals surface area contributed by atoms with Crippen LogP contribution >= 0.6 is 0 Å². The van der Waals surface area contributed by atoms with Gasteiger partial charge in [-0.05, 0) is 42.8 Å². The molecular formula is C22H21NO3. The van der Waals surface area contributed by atoms with Crippen molar-refractivity contribution in [3.05, 3.63) is 89.5 Å². The van der Waals surface area contributed by atoms with E-state index in [1.165, 1.54) is 0 Å². The van der Waals surface area contributed by atoms with E-state index in [1.807, 2.05) is 61.5 Å². The van der Waals surface area contributed by atoms with E-state index in [4.69, 9.17) is 9.47 Å². The molecule has 0 saturated heterocycles. The normalized spacial score (nSPS) is 10.2. The number of amides is 1. The molecule has 1 amide bonds. The number of methoxy groups -OCH3 is 1. The highest BCUT2D eigenvalue weighted by Gasteiger charge is 2.12. The zero-order valence-corrected chi connectivity index (χ0v) is 14.9. The number of hydrogen-bond acceptors (Lipinski definition) is 3. The molecule has 3 aromatic carbocycles. The SMILES string of the molecule is COc1cc(C(=O)Nc2ccc(C)cc2)ccc1OCc1ccccc1. The Labute approximate surface area is 153 Å². The first-order valence-corrected chi connectivity index (χ1v) is 8.38. The molecule has 0 heterocycles. The molecule has 0 aliphatic heterocycles. The summed E-state index contributed by atoms with van der Waals surface area (Å²) in [4.78, 5) is 12.5. The first kappa shape index (κ1) is 17.5. The number of ether oxygens (including phenoxy) is 2. The maximum absolute atomic E-state index is 12.5. The molecule has 0 aliphatic carbocycles. The molecule has 3 rings (SSSR count). The lowest BCUT2D eigenvalue weighted by molar-refractivity contribution is 0.102. The van der Waals surface area contributed by atoms with Crippen LogP contribution in [0.1, 0.15) is 21.5 Å². The Balaban J connectivity index is 1.71. The van der Waals surface area contributed by atoms with Gasteiger partial charge < -0.3 is 14.8 Å². The number of anilines is 1. The van der Waals surface area contributed by atoms with Crippen molar-refractivity contribution < 1.29 is 14.3 Å². The second kappa shape index (κ2) is 8.21. The highest BCUT2D eigenvalue weighted by Crippen LogP contribution is 2.29. The molecule has 0 radical (unpaired) electrons. The zero-order chi connectivity index (χ0) is 18.4. The van der Waals surface area contributed by atoms with E-state index < -0.39 is 0 Å². The third-order valence-electron chi connectivity index (χ3n) is 3.97. The van der Waals surface area contributed by atoms with Crippen molar-refractivity contribution in [3.8, 4) is 11.5 Å². The van der Waals surface area contributed by atoms with Gasteiger partial charge in [0, 0.05) is 11.3 Å². The average Bonchev–Trinajstić information content (AvgIpc) is 2.68. The van der Waals surface area contributed by atoms with Crippen molar-refractivity contribution in [1.29, 1.82) is 0 Å². The highest BCUT2D eigenvalue weighted by atomic mass is 16.5. The maximum atomic E-state index is 12.5. The lowest BCUT2D eigenvalue weighted by Gasteiger charge is -2.12. The van der Waals surface area contributed by atoms with Crippen LogP contribution in [0.2, 0.25) is 0 Å². The summed E-state index contributed by atoms with van der Waals surface area (Å²) in [6, 6.07) is 22.7. The molecule has 0 spiro atoms. The summed E-state index contributed by atoms with van der Waals surface area (Å²) in [6.45, 7) is 2.44. The van der Waals surface area contributed by atoms with E-state index in [2.05, 4.69) is 5.32 Å². The highest BCUT2D eigenvalue weighted by molar-refractivity contribution is 6.04. The molecule has 26 heavy (non-hydrogen) atoms. The molecule has 1 N–H and O–H groups in total. The third-order valence-corrected chi connectivity index (χ3v) is 3.97. The molecule has 0 atom stereocenters. The number of hydrogen-bond donors (Lipinski definition) is 1. The van der Waals surface area contributed by atoms with Gasteiger partial charge in [-0.3, -0.25) is 4.79 Å². The number of nitrogens with one attached hydrogen (secondary N) is 1. The van der Waals surface area contributed by atoms with E-state index >= 15 is 0 Å². The number of carbonyl (C=O) groups excluding carboxylic acids is 1. The van der Waals surface area contributed by atoms with Gasteiger partial charge in [0.05, 0.1) is 7.11 Å². The fourth-order valence-corrected chi connectivity index (χ4v) is 2.50. The first-order chi connectivity index (χ1) is 12.7. The first-order valence-electron chi connectivity index (χ1n) is 8.38. The van der Waals surface area contributed by atoms with Crippen LogP contribution in [-0.2, 0) is 6.61 Å². The van der Waals surface area contributed by atoms with Crippen LogP contribution in [0.15, 0.2) is 72.8 Å². The van der Waals surface area contributed by atoms with Crippen LogP contribution in [0.3, 0.4) is 0 Å². The van der Waals surface area contributed by atoms with E-state index in [0.29, 0.717) is 23.7 Å². The van der Waals surface area contributed by atoms with Gasteiger partial charge >= 0.3 is 0 Å². The average molecular weight is 347 g/mol. The van der Waals surface area contributed by atoms with Gasteiger partial charge in [-0.25, -0.2) is 0 Å². The van der Waals surface area contributed by atoms with Crippen molar-refractivity contribution in [2.24, 2.45) is 0 Å². The zero-order valence-electron chi connectivity index (χ0n) is 14.9. The summed E-state index contributed by atoms with van der Waals surface area (Å²) >= 11 is 0. The van der Waals surface area contributed by atoms with Crippen molar-refractivity contribution in [3.63, 3.8) is 0 Å². The predicted octanol–water partition coefficient (Wildman–Crippen LogP) is 4.83. The van der Waals surface area contributed by atoms with Crippen LogP contribution in [0.4, 0.5) is 5.69 Å². The minimum atomic E-state index is -0.193. The second-order valence-corrected chi connectivity index (χ2v) is 5.96. The number of rotatable bonds is 6. The topological polar surface area (TPSA) is 47.6 Å². The molecule has 132 valence electrons. The van der Waals surface area contributed by atoms with Crippen molar-refractivity contribution in [2.75, 3.05) is 12.4 Å². The fraction of sp³-hybridized carbons (Fsp3) is 0.136. The summed E-state index contributed by atoms with van der Waals surface area (Å²) in [5, 5.41) is 2.88. The summed E-state index contributed by atoms with van der Waals surface area (Å²) in [5.74, 6) is 0.933. The summed E-state index contributed by atoms with van der Waals surface area (Å²) in [6.07, 6.45) is 0. The summed E-state index contributed by atoms with van der Waals surface area (Å²) < 4.78 is 11.2. The molecule has 4 heteroatoms. The van der Waals surface area contributed by atoms with Gasteiger partial charge in [0.15, 0.2) is 11.5 Å². The molecule has 0 bridgehead atoms. The van der Waals surface area contributed by atoms with E-state index in [1.54, 1.807) is 25.3 Å². The number of aryl methyl sites for hydroxylation is 1. The van der Waals surface area contributed by atoms with Crippen LogP contribution in [0.25, 0.3) is 0 Å². The maximum Gasteiger partial charge on any atom is 0.255 e. The Hall–Kier alpha value is -3.27. The second-order valence-electron chi connectivity index (χ2n) is 5.96. The number of benzene rings is 3. The Bertz CT molecular complexity index is 874. The van der Waals surface area contributed by atoms with Gasteiger partial charge in [-0.2, -0.15) is 0 Å². The Kier molecular flexibility index (Phi) is 5.54. The van der Waals surface area contributed by atoms with Crippen LogP contribution < -0.4 is 14.8 Å². The van der Waals surface area contributed by atoms with Crippen molar-refractivity contribution in [1.82, 2.24) is 0 Å². The van der Waals surface area contributed by atoms with E-state index in [9.17, 15) is 4.79 Å². The van der Waals surface area contributed by atoms with Gasteiger partial charge in [0.1, 0.15) is 6.61 Å². The van der Waals surface area contributed by atoms with E-state index in [-0.39, 0.29) is 5.91 Å². The summed E-state index contributed by atoms with van der Waals surface area (Å²) in [5.41, 5.74) is 3.47. The molecule has 0 aromatic heterocycles. The van der Waals surface area contributed by atoms with Crippen molar-refractivity contribution in [2.45, 2.75) is 13.5 Å². The molecular weight excluding hydrogens is 326 g/mol. The van der Waals surface area contributed by atoms with Crippen LogP contribution in [-0.4, -0.2) is 13.0 Å². The molecule has 0 aliphatic rings. The van der Waals surface area contributed by atoms with Crippen LogP contribution in [0.5, 0.6) is 11.5 Å². The van der Waals surface area contributed by atoms with E-state index in [0.717, 1.165) is 16.8 Å². The van der Waals surface area contributed by atoms with Gasteiger partial charge in [0.2, 0.25) is 0 Å². The van der Waals surface area contributed by atoms with Gasteiger partial charge in [-0.1, -0.05) is 48.0 Å². The standard InChI is InChI=1S/C22H21NO3/c1-16-8-11-19(12-9-16)23-22(24)18-10-13-20(21(14-18)25-2)26-15-17-6-4-3-5-7-17/h3-14H,15H2,1-2H3,(H,23,24). The quantitative estimate of drug-likeness (QED) is 0.694. The smallest absolute Gasteiger partial charge is 0.255 e. The third kappa shape index (κ3) is 4.42. The lowest BCUT2D eigenvalue weighted by Crippen LogP contribution is -2.12. The van der Waals surface area contributed by atoms with Gasteiger partial charge in [-0.15, -0.1) is 0 Å².